The molecule has 6 heteroatoms. The van der Waals surface area contributed by atoms with Crippen LogP contribution >= 0.6 is 0 Å². The lowest BCUT2D eigenvalue weighted by Crippen LogP contribution is -2.25. The predicted molar refractivity (Wildman–Crippen MR) is 110 cm³/mol. The fraction of sp³-hybridized carbons (Fsp3) is 0.136. The molecule has 5 rings (SSSR count). The van der Waals surface area contributed by atoms with Crippen LogP contribution in [0.2, 0.25) is 0 Å². The maximum absolute atomic E-state index is 12.2. The van der Waals surface area contributed by atoms with Crippen LogP contribution in [0.15, 0.2) is 66.9 Å². The van der Waals surface area contributed by atoms with Crippen molar-refractivity contribution in [1.29, 1.82) is 0 Å². The third-order valence-electron chi connectivity index (χ3n) is 4.76. The lowest BCUT2D eigenvalue weighted by Gasteiger charge is -2.07. The quantitative estimate of drug-likeness (QED) is 0.491. The molecular weight excluding hydrogens is 350 g/mol. The van der Waals surface area contributed by atoms with E-state index in [4.69, 9.17) is 0 Å². The first-order valence-corrected chi connectivity index (χ1v) is 9.34. The number of H-pyrrole nitrogens is 1. The van der Waals surface area contributed by atoms with E-state index in [-0.39, 0.29) is 5.91 Å². The summed E-state index contributed by atoms with van der Waals surface area (Å²) in [5, 5.41) is 7.21. The molecule has 1 amide bonds. The van der Waals surface area contributed by atoms with Gasteiger partial charge in [-0.1, -0.05) is 30.3 Å². The van der Waals surface area contributed by atoms with Crippen molar-refractivity contribution < 1.29 is 4.79 Å². The minimum absolute atomic E-state index is 0.0490. The highest BCUT2D eigenvalue weighted by atomic mass is 16.2. The van der Waals surface area contributed by atoms with Crippen molar-refractivity contribution in [2.24, 2.45) is 0 Å². The zero-order valence-corrected chi connectivity index (χ0v) is 15.1. The zero-order chi connectivity index (χ0) is 18.9. The highest BCUT2D eigenvalue weighted by Gasteiger charge is 2.24. The molecule has 0 unspecified atom stereocenters. The van der Waals surface area contributed by atoms with Crippen LogP contribution in [0.1, 0.15) is 23.3 Å². The van der Waals surface area contributed by atoms with E-state index < -0.39 is 0 Å². The van der Waals surface area contributed by atoms with Crippen molar-refractivity contribution in [2.45, 2.75) is 18.9 Å². The first-order chi connectivity index (χ1) is 13.7. The summed E-state index contributed by atoms with van der Waals surface area (Å²) in [7, 11) is 0. The Morgan fingerprint density at radius 3 is 2.71 bits per heavy atom. The van der Waals surface area contributed by atoms with Gasteiger partial charge in [-0.3, -0.25) is 4.79 Å². The topological polar surface area (TPSA) is 82.7 Å². The molecule has 2 aromatic carbocycles. The highest BCUT2D eigenvalue weighted by molar-refractivity contribution is 5.99. The smallest absolute Gasteiger partial charge is 0.267 e. The lowest BCUT2D eigenvalue weighted by atomic mass is 10.1. The molecular formula is C22H19N5O. The van der Waals surface area contributed by atoms with Crippen molar-refractivity contribution in [1.82, 2.24) is 20.3 Å². The van der Waals surface area contributed by atoms with Gasteiger partial charge < -0.3 is 15.6 Å². The summed E-state index contributed by atoms with van der Waals surface area (Å²) in [4.78, 5) is 24.3. The summed E-state index contributed by atoms with van der Waals surface area (Å²) >= 11 is 0. The Kier molecular flexibility index (Phi) is 4.01. The fourth-order valence-corrected chi connectivity index (χ4v) is 3.14. The molecule has 0 saturated heterocycles. The van der Waals surface area contributed by atoms with Gasteiger partial charge in [0.1, 0.15) is 5.69 Å². The van der Waals surface area contributed by atoms with Crippen molar-refractivity contribution in [3.63, 3.8) is 0 Å². The van der Waals surface area contributed by atoms with Crippen molar-refractivity contribution in [3.05, 3.63) is 72.6 Å². The Hall–Kier alpha value is -3.67. The molecule has 138 valence electrons. The first-order valence-electron chi connectivity index (χ1n) is 9.34. The number of aromatic amines is 1. The van der Waals surface area contributed by atoms with Gasteiger partial charge in [0.05, 0.1) is 5.69 Å². The molecule has 1 fully saturated rings. The number of nitrogens with zero attached hydrogens (tertiary/aromatic N) is 2. The van der Waals surface area contributed by atoms with Gasteiger partial charge in [-0.15, -0.1) is 0 Å². The molecule has 0 aliphatic heterocycles. The van der Waals surface area contributed by atoms with Gasteiger partial charge in [-0.2, -0.15) is 0 Å². The second-order valence-corrected chi connectivity index (χ2v) is 6.99. The molecule has 2 aromatic heterocycles. The van der Waals surface area contributed by atoms with Crippen LogP contribution in [0.25, 0.3) is 22.2 Å². The van der Waals surface area contributed by atoms with Gasteiger partial charge in [0.25, 0.3) is 5.91 Å². The molecule has 1 saturated carbocycles. The first kappa shape index (κ1) is 16.5. The number of carbonyl (C=O) groups excluding carboxylic acids is 1. The summed E-state index contributed by atoms with van der Waals surface area (Å²) in [5.41, 5.74) is 4.28. The Labute approximate surface area is 162 Å². The van der Waals surface area contributed by atoms with Gasteiger partial charge in [-0.05, 0) is 43.2 Å². The molecule has 0 spiro atoms. The van der Waals surface area contributed by atoms with Crippen LogP contribution in [0.3, 0.4) is 0 Å². The number of amides is 1. The number of hydrogen-bond acceptors (Lipinski definition) is 4. The standard InChI is InChI=1S/C22H19N5O/c28-21(24-16-6-7-16)20-13-15-12-17(8-9-18(15)26-20)25-22-23-11-10-19(27-22)14-4-2-1-3-5-14/h1-5,8-13,16,26H,6-7H2,(H,24,28)(H,23,25,27). The Bertz CT molecular complexity index is 1150. The number of nitrogens with one attached hydrogen (secondary N) is 3. The van der Waals surface area contributed by atoms with Crippen LogP contribution < -0.4 is 10.6 Å². The number of anilines is 2. The van der Waals surface area contributed by atoms with E-state index in [2.05, 4.69) is 25.6 Å². The second kappa shape index (κ2) is 6.81. The van der Waals surface area contributed by atoms with Gasteiger partial charge in [0.2, 0.25) is 5.95 Å². The van der Waals surface area contributed by atoms with Crippen LogP contribution in [-0.2, 0) is 0 Å². The number of aromatic nitrogens is 3. The average molecular weight is 369 g/mol. The predicted octanol–water partition coefficient (Wildman–Crippen LogP) is 4.26. The Morgan fingerprint density at radius 2 is 1.89 bits per heavy atom. The van der Waals surface area contributed by atoms with Crippen molar-refractivity contribution in [3.8, 4) is 11.3 Å². The number of benzene rings is 2. The number of hydrogen-bond donors (Lipinski definition) is 3. The SMILES string of the molecule is O=C(NC1CC1)c1cc2cc(Nc3nccc(-c4ccccc4)n3)ccc2[nH]1. The molecule has 6 nitrogen and oxygen atoms in total. The van der Waals surface area contributed by atoms with E-state index in [0.717, 1.165) is 40.7 Å². The van der Waals surface area contributed by atoms with Gasteiger partial charge in [0, 0.05) is 34.4 Å². The number of carbonyl (C=O) groups is 1. The normalized spacial score (nSPS) is 13.4. The van der Waals surface area contributed by atoms with Gasteiger partial charge in [-0.25, -0.2) is 9.97 Å². The van der Waals surface area contributed by atoms with Crippen LogP contribution in [-0.4, -0.2) is 26.9 Å². The number of rotatable bonds is 5. The fourth-order valence-electron chi connectivity index (χ4n) is 3.14. The van der Waals surface area contributed by atoms with Crippen LogP contribution in [0.4, 0.5) is 11.6 Å². The molecule has 1 aliphatic carbocycles. The van der Waals surface area contributed by atoms with Crippen LogP contribution in [0, 0.1) is 0 Å². The van der Waals surface area contributed by atoms with E-state index in [1.807, 2.05) is 60.7 Å². The molecule has 2 heterocycles. The monoisotopic (exact) mass is 369 g/mol. The molecule has 4 aromatic rings. The second-order valence-electron chi connectivity index (χ2n) is 6.99. The van der Waals surface area contributed by atoms with Crippen molar-refractivity contribution in [2.75, 3.05) is 5.32 Å². The van der Waals surface area contributed by atoms with E-state index in [0.29, 0.717) is 17.7 Å². The highest BCUT2D eigenvalue weighted by Crippen LogP contribution is 2.24. The van der Waals surface area contributed by atoms with E-state index in [9.17, 15) is 4.79 Å². The Morgan fingerprint density at radius 1 is 1.04 bits per heavy atom. The molecule has 3 N–H and O–H groups in total. The third-order valence-corrected chi connectivity index (χ3v) is 4.76. The van der Waals surface area contributed by atoms with Gasteiger partial charge >= 0.3 is 0 Å². The van der Waals surface area contributed by atoms with Crippen LogP contribution in [0.5, 0.6) is 0 Å². The largest absolute Gasteiger partial charge is 0.351 e. The summed E-state index contributed by atoms with van der Waals surface area (Å²) in [5.74, 6) is 0.482. The maximum Gasteiger partial charge on any atom is 0.267 e. The summed E-state index contributed by atoms with van der Waals surface area (Å²) in [6, 6.07) is 20.0. The zero-order valence-electron chi connectivity index (χ0n) is 15.1. The molecule has 1 aliphatic rings. The summed E-state index contributed by atoms with van der Waals surface area (Å²) in [6.45, 7) is 0. The maximum atomic E-state index is 12.2. The van der Waals surface area contributed by atoms with E-state index >= 15 is 0 Å². The van der Waals surface area contributed by atoms with Crippen molar-refractivity contribution >= 4 is 28.4 Å². The van der Waals surface area contributed by atoms with E-state index in [1.54, 1.807) is 6.20 Å². The molecule has 28 heavy (non-hydrogen) atoms. The van der Waals surface area contributed by atoms with Gasteiger partial charge in [0.15, 0.2) is 0 Å². The third kappa shape index (κ3) is 3.44. The lowest BCUT2D eigenvalue weighted by molar-refractivity contribution is 0.0947. The molecule has 0 radical (unpaired) electrons. The minimum atomic E-state index is -0.0490. The molecule has 0 bridgehead atoms. The molecule has 0 atom stereocenters. The summed E-state index contributed by atoms with van der Waals surface area (Å²) < 4.78 is 0. The van der Waals surface area contributed by atoms with E-state index in [1.165, 1.54) is 0 Å². The summed E-state index contributed by atoms with van der Waals surface area (Å²) in [6.07, 6.45) is 3.89. The Balaban J connectivity index is 1.38. The average Bonchev–Trinajstić information content (AvgIpc) is 3.44. The number of fused-ring (bicyclic) bond motifs is 1. The minimum Gasteiger partial charge on any atom is -0.351 e.